The van der Waals surface area contributed by atoms with Gasteiger partial charge in [0, 0.05) is 0 Å². The van der Waals surface area contributed by atoms with Crippen LogP contribution in [-0.4, -0.2) is 34.4 Å². The Morgan fingerprint density at radius 1 is 1.32 bits per heavy atom. The number of unbranched alkanes of at least 4 members (excludes halogenated alkanes) is 1. The van der Waals surface area contributed by atoms with Crippen molar-refractivity contribution in [1.82, 2.24) is 0 Å². The second-order valence-corrected chi connectivity index (χ2v) is 16.2. The molecule has 2 nitrogen and oxygen atoms in total. The molecule has 1 heterocycles. The number of hydrogen-bond acceptors (Lipinski definition) is 3. The molecule has 1 aromatic rings. The summed E-state index contributed by atoms with van der Waals surface area (Å²) < 4.78 is 1.56. The Morgan fingerprint density at radius 3 is 2.84 bits per heavy atom. The van der Waals surface area contributed by atoms with Gasteiger partial charge >= 0.3 is 126 Å². The van der Waals surface area contributed by atoms with Crippen LogP contribution in [-0.2, 0) is 4.79 Å². The van der Waals surface area contributed by atoms with Gasteiger partial charge in [0.2, 0.25) is 0 Å². The molecule has 1 N–H and O–H groups in total. The molecule has 0 aromatic heterocycles. The monoisotopic (exact) mass is 358 g/mol. The van der Waals surface area contributed by atoms with Crippen molar-refractivity contribution < 1.29 is 9.90 Å². The quantitative estimate of drug-likeness (QED) is 0.626. The first kappa shape index (κ1) is 15.3. The summed E-state index contributed by atoms with van der Waals surface area (Å²) in [5.74, 6) is 0.620. The van der Waals surface area contributed by atoms with E-state index < -0.39 is 18.3 Å². The fourth-order valence-corrected chi connectivity index (χ4v) is 16.8. The zero-order chi connectivity index (χ0) is 13.5. The summed E-state index contributed by atoms with van der Waals surface area (Å²) in [6.07, 6.45) is 4.70. The average molecular weight is 358 g/mol. The van der Waals surface area contributed by atoms with Crippen molar-refractivity contribution >= 4 is 42.7 Å². The molecule has 1 saturated heterocycles. The third-order valence-corrected chi connectivity index (χ3v) is 17.0. The van der Waals surface area contributed by atoms with Gasteiger partial charge in [-0.15, -0.1) is 0 Å². The summed E-state index contributed by atoms with van der Waals surface area (Å²) in [5, 5.41) is 9.40. The normalized spacial score (nSPS) is 23.2. The van der Waals surface area contributed by atoms with Gasteiger partial charge in [0.25, 0.3) is 0 Å². The van der Waals surface area contributed by atoms with E-state index in [4.69, 9.17) is 5.11 Å². The molecule has 0 saturated carbocycles. The van der Waals surface area contributed by atoms with Gasteiger partial charge in [0.05, 0.1) is 0 Å². The fraction of sp³-hybridized carbons (Fsp3) is 0.500. The summed E-state index contributed by atoms with van der Waals surface area (Å²) in [7, 11) is 4.38. The maximum absolute atomic E-state index is 10.5. The molecule has 0 radical (unpaired) electrons. The van der Waals surface area contributed by atoms with E-state index in [1.54, 1.807) is 4.35 Å². The number of rotatable bonds is 6. The minimum atomic E-state index is -0.969. The molecule has 1 aromatic carbocycles. The SMILES string of the molecule is O=C(O)CCCCC1CCS[As](c2ccccc2)S1. The number of carboxylic acids is 1. The number of carboxylic acid groups (broad SMARTS) is 1. The standard InChI is InChI=1S/C14H19AsO2S2/c16-14(17)9-5-4-8-13-10-11-18-15(19-13)12-6-2-1-3-7-12/h1-3,6-7,13H,4-5,8-11H2,(H,16,17). The van der Waals surface area contributed by atoms with Crippen molar-refractivity contribution in [3.05, 3.63) is 30.3 Å². The van der Waals surface area contributed by atoms with Crippen molar-refractivity contribution in [2.45, 2.75) is 37.4 Å². The Balaban J connectivity index is 1.76. The first-order valence-corrected chi connectivity index (χ1v) is 13.9. The van der Waals surface area contributed by atoms with Crippen molar-refractivity contribution in [1.29, 1.82) is 0 Å². The van der Waals surface area contributed by atoms with Gasteiger partial charge in [-0.3, -0.25) is 0 Å². The second kappa shape index (κ2) is 8.28. The third-order valence-electron chi connectivity index (χ3n) is 3.03. The predicted molar refractivity (Wildman–Crippen MR) is 86.4 cm³/mol. The molecule has 1 aliphatic rings. The van der Waals surface area contributed by atoms with Gasteiger partial charge in [0.1, 0.15) is 0 Å². The predicted octanol–water partition coefficient (Wildman–Crippen LogP) is 3.27. The molecular weight excluding hydrogens is 339 g/mol. The van der Waals surface area contributed by atoms with Crippen molar-refractivity contribution in [2.75, 3.05) is 5.75 Å². The molecule has 1 fully saturated rings. The van der Waals surface area contributed by atoms with Gasteiger partial charge in [-0.25, -0.2) is 0 Å². The van der Waals surface area contributed by atoms with Crippen LogP contribution < -0.4 is 4.35 Å². The molecule has 0 bridgehead atoms. The van der Waals surface area contributed by atoms with Crippen LogP contribution in [0.1, 0.15) is 32.1 Å². The van der Waals surface area contributed by atoms with Crippen LogP contribution in [0.25, 0.3) is 0 Å². The van der Waals surface area contributed by atoms with E-state index in [2.05, 4.69) is 50.4 Å². The van der Waals surface area contributed by atoms with Crippen molar-refractivity contribution in [3.63, 3.8) is 0 Å². The Kier molecular flexibility index (Phi) is 6.69. The van der Waals surface area contributed by atoms with E-state index in [1.165, 1.54) is 18.6 Å². The van der Waals surface area contributed by atoms with E-state index >= 15 is 0 Å². The Morgan fingerprint density at radius 2 is 2.11 bits per heavy atom. The molecule has 5 heteroatoms. The molecule has 0 aliphatic carbocycles. The minimum absolute atomic E-state index is 0.326. The van der Waals surface area contributed by atoms with E-state index in [-0.39, 0.29) is 0 Å². The molecule has 104 valence electrons. The Bertz CT molecular complexity index is 400. The van der Waals surface area contributed by atoms with Gasteiger partial charge in [0.15, 0.2) is 0 Å². The van der Waals surface area contributed by atoms with Crippen molar-refractivity contribution in [2.24, 2.45) is 0 Å². The fourth-order valence-electron chi connectivity index (χ4n) is 2.02. The van der Waals surface area contributed by atoms with Gasteiger partial charge in [-0.05, 0) is 0 Å². The summed E-state index contributed by atoms with van der Waals surface area (Å²) in [4.78, 5) is 10.5. The molecular formula is C14H19AsO2S2. The summed E-state index contributed by atoms with van der Waals surface area (Å²) >= 11 is -0.969. The van der Waals surface area contributed by atoms with Gasteiger partial charge in [-0.2, -0.15) is 0 Å². The van der Waals surface area contributed by atoms with Crippen LogP contribution in [0, 0.1) is 0 Å². The van der Waals surface area contributed by atoms with E-state index in [0.29, 0.717) is 6.42 Å². The molecule has 0 spiro atoms. The van der Waals surface area contributed by atoms with Crippen LogP contribution in [0.4, 0.5) is 0 Å². The average Bonchev–Trinajstić information content (AvgIpc) is 2.45. The van der Waals surface area contributed by atoms with Gasteiger partial charge in [-0.1, -0.05) is 0 Å². The zero-order valence-electron chi connectivity index (χ0n) is 10.8. The van der Waals surface area contributed by atoms with E-state index in [9.17, 15) is 4.79 Å². The molecule has 2 rings (SSSR count). The van der Waals surface area contributed by atoms with Crippen LogP contribution in [0.15, 0.2) is 30.3 Å². The van der Waals surface area contributed by atoms with Crippen LogP contribution >= 0.6 is 20.0 Å². The first-order chi connectivity index (χ1) is 9.25. The summed E-state index contributed by atoms with van der Waals surface area (Å²) in [5.41, 5.74) is 0. The molecule has 1 aliphatic heterocycles. The molecule has 19 heavy (non-hydrogen) atoms. The third kappa shape index (κ3) is 5.45. The zero-order valence-corrected chi connectivity index (χ0v) is 14.3. The Hall–Kier alpha value is -0.0516. The number of hydrogen-bond donors (Lipinski definition) is 1. The second-order valence-electron chi connectivity index (χ2n) is 4.58. The van der Waals surface area contributed by atoms with E-state index in [0.717, 1.165) is 18.1 Å². The van der Waals surface area contributed by atoms with Crippen LogP contribution in [0.2, 0.25) is 0 Å². The summed E-state index contributed by atoms with van der Waals surface area (Å²) in [6.45, 7) is 0. The van der Waals surface area contributed by atoms with Crippen molar-refractivity contribution in [3.8, 4) is 0 Å². The number of carbonyl (C=O) groups is 1. The first-order valence-electron chi connectivity index (χ1n) is 6.62. The molecule has 2 unspecified atom stereocenters. The maximum atomic E-state index is 10.5. The molecule has 0 amide bonds. The number of benzene rings is 1. The topological polar surface area (TPSA) is 37.3 Å². The molecule has 2 atom stereocenters. The summed E-state index contributed by atoms with van der Waals surface area (Å²) in [6, 6.07) is 10.9. The Labute approximate surface area is 126 Å². The van der Waals surface area contributed by atoms with E-state index in [1.807, 2.05) is 0 Å². The van der Waals surface area contributed by atoms with Crippen LogP contribution in [0.3, 0.4) is 0 Å². The van der Waals surface area contributed by atoms with Crippen LogP contribution in [0.5, 0.6) is 0 Å². The number of aliphatic carboxylic acids is 1. The van der Waals surface area contributed by atoms with Gasteiger partial charge < -0.3 is 0 Å².